The summed E-state index contributed by atoms with van der Waals surface area (Å²) in [5.41, 5.74) is 0. The second-order valence-electron chi connectivity index (χ2n) is 6.25. The Hall–Kier alpha value is -0.770. The lowest BCUT2D eigenvalue weighted by Gasteiger charge is -2.33. The molecule has 4 heteroatoms. The molecule has 118 valence electrons. The van der Waals surface area contributed by atoms with E-state index in [4.69, 9.17) is 0 Å². The van der Waals surface area contributed by atoms with E-state index in [9.17, 15) is 4.79 Å². The van der Waals surface area contributed by atoms with Crippen LogP contribution in [-0.4, -0.2) is 55.6 Å². The third kappa shape index (κ3) is 7.13. The number of amides is 2. The molecule has 0 spiro atoms. The maximum Gasteiger partial charge on any atom is 0.317 e. The number of hydrogen-bond donors (Lipinski definition) is 1. The normalized spacial score (nSPS) is 19.9. The van der Waals surface area contributed by atoms with Gasteiger partial charge in [-0.2, -0.15) is 0 Å². The van der Waals surface area contributed by atoms with E-state index in [-0.39, 0.29) is 6.03 Å². The predicted molar refractivity (Wildman–Crippen MR) is 85.1 cm³/mol. The lowest BCUT2D eigenvalue weighted by Crippen LogP contribution is -2.50. The summed E-state index contributed by atoms with van der Waals surface area (Å²) < 4.78 is 0. The third-order valence-corrected chi connectivity index (χ3v) is 4.07. The van der Waals surface area contributed by atoms with Gasteiger partial charge in [-0.1, -0.05) is 39.0 Å². The molecule has 0 saturated carbocycles. The lowest BCUT2D eigenvalue weighted by molar-refractivity contribution is 0.174. The van der Waals surface area contributed by atoms with E-state index in [0.717, 1.165) is 13.0 Å². The Morgan fingerprint density at radius 2 is 1.90 bits per heavy atom. The van der Waals surface area contributed by atoms with Crippen LogP contribution < -0.4 is 5.32 Å². The summed E-state index contributed by atoms with van der Waals surface area (Å²) in [6.45, 7) is 5.67. The van der Waals surface area contributed by atoms with Crippen LogP contribution in [0.4, 0.5) is 4.79 Å². The number of piperidine rings is 1. The first-order valence-electron chi connectivity index (χ1n) is 8.33. The van der Waals surface area contributed by atoms with Gasteiger partial charge in [0.1, 0.15) is 0 Å². The summed E-state index contributed by atoms with van der Waals surface area (Å²) in [6.07, 6.45) is 10.4. The Bertz CT molecular complexity index is 268. The maximum atomic E-state index is 11.7. The van der Waals surface area contributed by atoms with Crippen LogP contribution in [0.3, 0.4) is 0 Å². The van der Waals surface area contributed by atoms with Gasteiger partial charge in [-0.25, -0.2) is 4.79 Å². The molecule has 1 saturated heterocycles. The Morgan fingerprint density at radius 3 is 2.60 bits per heavy atom. The van der Waals surface area contributed by atoms with Crippen LogP contribution in [0.5, 0.6) is 0 Å². The number of rotatable bonds is 8. The van der Waals surface area contributed by atoms with Gasteiger partial charge < -0.3 is 15.1 Å². The van der Waals surface area contributed by atoms with Crippen molar-refractivity contribution < 1.29 is 4.79 Å². The molecule has 0 aromatic heterocycles. The highest BCUT2D eigenvalue weighted by Crippen LogP contribution is 2.12. The molecule has 1 N–H and O–H groups in total. The second kappa shape index (κ2) is 10.0. The molecular weight excluding hydrogens is 250 g/mol. The average Bonchev–Trinajstić information content (AvgIpc) is 2.43. The summed E-state index contributed by atoms with van der Waals surface area (Å²) in [5, 5.41) is 3.11. The molecule has 0 unspecified atom stereocenters. The molecule has 1 aliphatic heterocycles. The minimum atomic E-state index is 0.0383. The summed E-state index contributed by atoms with van der Waals surface area (Å²) in [5.74, 6) is 0. The fourth-order valence-electron chi connectivity index (χ4n) is 2.80. The third-order valence-electron chi connectivity index (χ3n) is 4.07. The van der Waals surface area contributed by atoms with Crippen LogP contribution >= 0.6 is 0 Å². The molecule has 1 rings (SSSR count). The number of nitrogens with one attached hydrogen (secondary N) is 1. The van der Waals surface area contributed by atoms with Gasteiger partial charge in [0, 0.05) is 26.7 Å². The van der Waals surface area contributed by atoms with Crippen LogP contribution in [0, 0.1) is 0 Å². The van der Waals surface area contributed by atoms with Crippen molar-refractivity contribution in [2.45, 2.75) is 64.3 Å². The van der Waals surface area contributed by atoms with Gasteiger partial charge in [-0.3, -0.25) is 0 Å². The van der Waals surface area contributed by atoms with E-state index in [2.05, 4.69) is 17.1 Å². The molecule has 0 aromatic carbocycles. The van der Waals surface area contributed by atoms with Crippen molar-refractivity contribution in [2.24, 2.45) is 0 Å². The van der Waals surface area contributed by atoms with Gasteiger partial charge >= 0.3 is 6.03 Å². The number of likely N-dealkylation sites (tertiary alicyclic amines) is 1. The molecule has 2 amide bonds. The van der Waals surface area contributed by atoms with Gasteiger partial charge in [0.15, 0.2) is 0 Å². The molecule has 4 nitrogen and oxygen atoms in total. The highest BCUT2D eigenvalue weighted by Gasteiger charge is 2.21. The molecule has 1 atom stereocenters. The first kappa shape index (κ1) is 17.3. The fraction of sp³-hybridized carbons (Fsp3) is 0.938. The number of nitrogens with zero attached hydrogens (tertiary/aromatic N) is 2. The first-order valence-corrected chi connectivity index (χ1v) is 8.33. The maximum absolute atomic E-state index is 11.7. The lowest BCUT2D eigenvalue weighted by atomic mass is 10.0. The largest absolute Gasteiger partial charge is 0.334 e. The Balaban J connectivity index is 2.12. The molecule has 0 aromatic rings. The number of urea groups is 1. The molecule has 0 radical (unpaired) electrons. The summed E-state index contributed by atoms with van der Waals surface area (Å²) >= 11 is 0. The van der Waals surface area contributed by atoms with Gasteiger partial charge in [-0.05, 0) is 32.4 Å². The first-order chi connectivity index (χ1) is 9.63. The van der Waals surface area contributed by atoms with Crippen molar-refractivity contribution in [3.05, 3.63) is 0 Å². The summed E-state index contributed by atoms with van der Waals surface area (Å²) in [6, 6.07) is 0.371. The van der Waals surface area contributed by atoms with E-state index in [0.29, 0.717) is 6.04 Å². The predicted octanol–water partition coefficient (Wildman–Crippen LogP) is 3.08. The quantitative estimate of drug-likeness (QED) is 0.695. The van der Waals surface area contributed by atoms with Crippen LogP contribution in [0.15, 0.2) is 0 Å². The minimum absolute atomic E-state index is 0.0383. The number of carbonyl (C=O) groups is 1. The van der Waals surface area contributed by atoms with Crippen LogP contribution in [0.2, 0.25) is 0 Å². The highest BCUT2D eigenvalue weighted by molar-refractivity contribution is 5.73. The van der Waals surface area contributed by atoms with Gasteiger partial charge in [0.25, 0.3) is 0 Å². The molecule has 0 aliphatic carbocycles. The monoisotopic (exact) mass is 283 g/mol. The summed E-state index contributed by atoms with van der Waals surface area (Å²) in [4.78, 5) is 15.8. The van der Waals surface area contributed by atoms with Crippen molar-refractivity contribution in [2.75, 3.05) is 33.7 Å². The topological polar surface area (TPSA) is 35.6 Å². The van der Waals surface area contributed by atoms with Gasteiger partial charge in [-0.15, -0.1) is 0 Å². The highest BCUT2D eigenvalue weighted by atomic mass is 16.2. The number of carbonyl (C=O) groups excluding carboxylic acids is 1. The van der Waals surface area contributed by atoms with E-state index < -0.39 is 0 Å². The van der Waals surface area contributed by atoms with Crippen LogP contribution in [-0.2, 0) is 0 Å². The zero-order chi connectivity index (χ0) is 14.8. The molecule has 1 aliphatic rings. The van der Waals surface area contributed by atoms with Crippen molar-refractivity contribution >= 4 is 6.03 Å². The Kier molecular flexibility index (Phi) is 8.67. The van der Waals surface area contributed by atoms with Crippen LogP contribution in [0.1, 0.15) is 58.3 Å². The molecule has 20 heavy (non-hydrogen) atoms. The van der Waals surface area contributed by atoms with Crippen molar-refractivity contribution in [1.29, 1.82) is 0 Å². The Morgan fingerprint density at radius 1 is 1.20 bits per heavy atom. The number of unbranched alkanes of at least 4 members (excludes halogenated alkanes) is 5. The minimum Gasteiger partial charge on any atom is -0.334 e. The van der Waals surface area contributed by atoms with E-state index >= 15 is 0 Å². The standard InChI is InChI=1S/C16H33N3O/c1-4-5-6-7-8-9-12-19-13-10-11-15(14-19)17-16(20)18(2)3/h15H,4-14H2,1-3H3,(H,17,20)/t15-/m1/s1. The Labute approximate surface area is 124 Å². The van der Waals surface area contributed by atoms with E-state index in [1.54, 1.807) is 19.0 Å². The van der Waals surface area contributed by atoms with Gasteiger partial charge in [0.2, 0.25) is 0 Å². The summed E-state index contributed by atoms with van der Waals surface area (Å²) in [7, 11) is 3.60. The molecule has 0 bridgehead atoms. The van der Waals surface area contributed by atoms with Crippen molar-refractivity contribution in [3.8, 4) is 0 Å². The van der Waals surface area contributed by atoms with Gasteiger partial charge in [0.05, 0.1) is 0 Å². The number of hydrogen-bond acceptors (Lipinski definition) is 2. The van der Waals surface area contributed by atoms with Crippen molar-refractivity contribution in [3.63, 3.8) is 0 Å². The molecule has 1 fully saturated rings. The smallest absolute Gasteiger partial charge is 0.317 e. The fourth-order valence-corrected chi connectivity index (χ4v) is 2.80. The average molecular weight is 283 g/mol. The van der Waals surface area contributed by atoms with Crippen molar-refractivity contribution in [1.82, 2.24) is 15.1 Å². The molecular formula is C16H33N3O. The van der Waals surface area contributed by atoms with E-state index in [1.807, 2.05) is 0 Å². The second-order valence-corrected chi connectivity index (χ2v) is 6.25. The van der Waals surface area contributed by atoms with E-state index in [1.165, 1.54) is 58.0 Å². The zero-order valence-corrected chi connectivity index (χ0v) is 13.7. The SMILES string of the molecule is CCCCCCCCN1CCC[C@@H](NC(=O)N(C)C)C1. The van der Waals surface area contributed by atoms with Crippen LogP contribution in [0.25, 0.3) is 0 Å². The molecule has 1 heterocycles. The zero-order valence-electron chi connectivity index (χ0n) is 13.7.